The van der Waals surface area contributed by atoms with Gasteiger partial charge in [0.1, 0.15) is 15.8 Å². The van der Waals surface area contributed by atoms with Crippen LogP contribution in [0, 0.1) is 6.92 Å². The Balaban J connectivity index is 1.81. The van der Waals surface area contributed by atoms with E-state index in [1.807, 2.05) is 13.0 Å². The first-order valence-corrected chi connectivity index (χ1v) is 10.3. The van der Waals surface area contributed by atoms with Crippen LogP contribution in [0.4, 0.5) is 5.82 Å². The summed E-state index contributed by atoms with van der Waals surface area (Å²) in [5.74, 6) is 0.241. The number of ether oxygens (including phenoxy) is 1. The lowest BCUT2D eigenvalue weighted by Crippen LogP contribution is -2.25. The van der Waals surface area contributed by atoms with E-state index in [1.165, 1.54) is 21.1 Å². The Morgan fingerprint density at radius 1 is 1.46 bits per heavy atom. The number of pyridine rings is 1. The van der Waals surface area contributed by atoms with Gasteiger partial charge in [0.25, 0.3) is 11.5 Å². The van der Waals surface area contributed by atoms with Crippen molar-refractivity contribution in [3.63, 3.8) is 0 Å². The van der Waals surface area contributed by atoms with Crippen molar-refractivity contribution < 1.29 is 9.53 Å². The van der Waals surface area contributed by atoms with Gasteiger partial charge in [-0.3, -0.25) is 18.9 Å². The maximum absolute atomic E-state index is 13.2. The molecule has 2 saturated heterocycles. The monoisotopic (exact) mass is 416 g/mol. The van der Waals surface area contributed by atoms with E-state index < -0.39 is 0 Å². The van der Waals surface area contributed by atoms with Crippen molar-refractivity contribution >= 4 is 51.7 Å². The second-order valence-electron chi connectivity index (χ2n) is 6.82. The third-order valence-corrected chi connectivity index (χ3v) is 6.35. The number of hydrogen-bond donors (Lipinski definition) is 1. The van der Waals surface area contributed by atoms with E-state index in [1.54, 1.807) is 25.4 Å². The van der Waals surface area contributed by atoms with E-state index in [0.717, 1.165) is 25.0 Å². The van der Waals surface area contributed by atoms with Gasteiger partial charge in [-0.05, 0) is 37.5 Å². The topological polar surface area (TPSA) is 75.9 Å². The van der Waals surface area contributed by atoms with Crippen molar-refractivity contribution in [1.82, 2.24) is 14.3 Å². The molecule has 1 atom stereocenters. The van der Waals surface area contributed by atoms with Crippen LogP contribution in [0.25, 0.3) is 11.7 Å². The number of carbonyl (C=O) groups excluding carboxylic acids is 1. The predicted molar refractivity (Wildman–Crippen MR) is 115 cm³/mol. The lowest BCUT2D eigenvalue weighted by Gasteiger charge is -2.15. The molecule has 0 radical (unpaired) electrons. The third-order valence-electron chi connectivity index (χ3n) is 4.87. The summed E-state index contributed by atoms with van der Waals surface area (Å²) in [6, 6.07) is 3.72. The SMILES string of the molecule is Cc1cccn2c(=O)c(/C=C3\SC(=S)N(C)C3=O)c(NCC3CCCO3)nc12. The molecular formula is C19H20N4O3S2. The largest absolute Gasteiger partial charge is 0.376 e. The zero-order chi connectivity index (χ0) is 19.8. The van der Waals surface area contributed by atoms with Gasteiger partial charge in [-0.25, -0.2) is 4.98 Å². The first-order chi connectivity index (χ1) is 13.5. The summed E-state index contributed by atoms with van der Waals surface area (Å²) in [7, 11) is 1.63. The summed E-state index contributed by atoms with van der Waals surface area (Å²) in [5, 5.41) is 3.27. The minimum Gasteiger partial charge on any atom is -0.376 e. The van der Waals surface area contributed by atoms with Crippen LogP contribution in [-0.4, -0.2) is 50.8 Å². The standard InChI is InChI=1S/C19H20N4O3S2/c1-11-5-3-7-23-16(11)21-15(20-10-12-6-4-8-26-12)13(17(23)24)9-14-18(25)22(2)19(27)28-14/h3,5,7,9,12,20H,4,6,8,10H2,1-2H3/b14-9-. The van der Waals surface area contributed by atoms with Crippen molar-refractivity contribution in [2.45, 2.75) is 25.9 Å². The quantitative estimate of drug-likeness (QED) is 0.606. The number of nitrogens with one attached hydrogen (secondary N) is 1. The molecule has 1 N–H and O–H groups in total. The number of anilines is 1. The summed E-state index contributed by atoms with van der Waals surface area (Å²) in [6.45, 7) is 3.22. The minimum absolute atomic E-state index is 0.0961. The van der Waals surface area contributed by atoms with Crippen LogP contribution in [0.5, 0.6) is 0 Å². The Kier molecular flexibility index (Phi) is 5.22. The number of hydrogen-bond acceptors (Lipinski definition) is 7. The highest BCUT2D eigenvalue weighted by Gasteiger charge is 2.29. The van der Waals surface area contributed by atoms with Gasteiger partial charge < -0.3 is 10.1 Å². The fourth-order valence-corrected chi connectivity index (χ4v) is 4.43. The van der Waals surface area contributed by atoms with Gasteiger partial charge >= 0.3 is 0 Å². The fourth-order valence-electron chi connectivity index (χ4n) is 3.27. The summed E-state index contributed by atoms with van der Waals surface area (Å²) in [6.07, 6.45) is 5.38. The van der Waals surface area contributed by atoms with Crippen LogP contribution in [0.1, 0.15) is 24.0 Å². The highest BCUT2D eigenvalue weighted by atomic mass is 32.2. The molecule has 0 spiro atoms. The predicted octanol–water partition coefficient (Wildman–Crippen LogP) is 2.42. The number of carbonyl (C=O) groups is 1. The molecule has 0 bridgehead atoms. The summed E-state index contributed by atoms with van der Waals surface area (Å²) >= 11 is 6.38. The van der Waals surface area contributed by atoms with Gasteiger partial charge in [0.15, 0.2) is 0 Å². The highest BCUT2D eigenvalue weighted by molar-refractivity contribution is 8.26. The molecule has 0 saturated carbocycles. The lowest BCUT2D eigenvalue weighted by atomic mass is 10.2. The second kappa shape index (κ2) is 7.65. The maximum atomic E-state index is 13.2. The molecule has 7 nitrogen and oxygen atoms in total. The molecule has 2 fully saturated rings. The van der Waals surface area contributed by atoms with E-state index in [0.29, 0.717) is 32.8 Å². The van der Waals surface area contributed by atoms with Crippen molar-refractivity contribution in [2.24, 2.45) is 0 Å². The zero-order valence-corrected chi connectivity index (χ0v) is 17.2. The highest BCUT2D eigenvalue weighted by Crippen LogP contribution is 2.32. The van der Waals surface area contributed by atoms with Gasteiger partial charge in [0.2, 0.25) is 0 Å². The second-order valence-corrected chi connectivity index (χ2v) is 8.50. The van der Waals surface area contributed by atoms with E-state index in [9.17, 15) is 9.59 Å². The molecule has 28 heavy (non-hydrogen) atoms. The van der Waals surface area contributed by atoms with E-state index in [2.05, 4.69) is 10.3 Å². The van der Waals surface area contributed by atoms with E-state index in [-0.39, 0.29) is 17.6 Å². The number of fused-ring (bicyclic) bond motifs is 1. The average molecular weight is 417 g/mol. The molecule has 2 aliphatic rings. The van der Waals surface area contributed by atoms with Gasteiger partial charge in [-0.2, -0.15) is 0 Å². The Morgan fingerprint density at radius 2 is 2.29 bits per heavy atom. The molecule has 2 aliphatic heterocycles. The first kappa shape index (κ1) is 19.1. The van der Waals surface area contributed by atoms with Crippen LogP contribution in [0.3, 0.4) is 0 Å². The number of likely N-dealkylation sites (N-methyl/N-ethyl adjacent to an activating group) is 1. The number of thioether (sulfide) groups is 1. The van der Waals surface area contributed by atoms with Crippen molar-refractivity contribution in [2.75, 3.05) is 25.5 Å². The molecule has 4 rings (SSSR count). The maximum Gasteiger partial charge on any atom is 0.267 e. The van der Waals surface area contributed by atoms with Gasteiger partial charge in [-0.15, -0.1) is 0 Å². The Labute approximate surface area is 171 Å². The smallest absolute Gasteiger partial charge is 0.267 e. The molecule has 1 amide bonds. The van der Waals surface area contributed by atoms with Crippen molar-refractivity contribution in [3.05, 3.63) is 44.7 Å². The average Bonchev–Trinajstić information content (AvgIpc) is 3.28. The van der Waals surface area contributed by atoms with E-state index >= 15 is 0 Å². The molecule has 1 unspecified atom stereocenters. The molecule has 2 aromatic rings. The lowest BCUT2D eigenvalue weighted by molar-refractivity contribution is -0.121. The molecule has 9 heteroatoms. The number of amides is 1. The minimum atomic E-state index is -0.232. The van der Waals surface area contributed by atoms with Crippen LogP contribution < -0.4 is 10.9 Å². The van der Waals surface area contributed by atoms with Crippen LogP contribution >= 0.6 is 24.0 Å². The van der Waals surface area contributed by atoms with Crippen LogP contribution in [-0.2, 0) is 9.53 Å². The number of rotatable bonds is 4. The third kappa shape index (κ3) is 3.45. The normalized spacial score (nSPS) is 21.3. The molecule has 0 aliphatic carbocycles. The molecule has 0 aromatic carbocycles. The summed E-state index contributed by atoms with van der Waals surface area (Å²) in [4.78, 5) is 32.1. The molecular weight excluding hydrogens is 396 g/mol. The summed E-state index contributed by atoms with van der Waals surface area (Å²) in [5.41, 5.74) is 1.59. The molecule has 146 valence electrons. The first-order valence-electron chi connectivity index (χ1n) is 9.04. The summed E-state index contributed by atoms with van der Waals surface area (Å²) < 4.78 is 7.64. The van der Waals surface area contributed by atoms with Gasteiger partial charge in [-0.1, -0.05) is 30.0 Å². The van der Waals surface area contributed by atoms with Gasteiger partial charge in [0.05, 0.1) is 16.6 Å². The number of thiocarbonyl (C=S) groups is 1. The van der Waals surface area contributed by atoms with E-state index in [4.69, 9.17) is 17.0 Å². The van der Waals surface area contributed by atoms with Crippen molar-refractivity contribution in [3.8, 4) is 0 Å². The number of nitrogens with zero attached hydrogens (tertiary/aromatic N) is 3. The zero-order valence-electron chi connectivity index (χ0n) is 15.6. The van der Waals surface area contributed by atoms with Gasteiger partial charge in [0, 0.05) is 26.4 Å². The fraction of sp³-hybridized carbons (Fsp3) is 0.368. The molecule has 2 aromatic heterocycles. The Morgan fingerprint density at radius 3 is 2.96 bits per heavy atom. The Bertz CT molecular complexity index is 1060. The molecule has 4 heterocycles. The van der Waals surface area contributed by atoms with Crippen molar-refractivity contribution in [1.29, 1.82) is 0 Å². The van der Waals surface area contributed by atoms with Crippen LogP contribution in [0.2, 0.25) is 0 Å². The number of aromatic nitrogens is 2. The Hall–Kier alpha value is -2.23. The van der Waals surface area contributed by atoms with Crippen LogP contribution in [0.15, 0.2) is 28.0 Å². The number of aryl methyl sites for hydroxylation is 1.